The molecule has 0 saturated carbocycles. The molecule has 0 atom stereocenters. The van der Waals surface area contributed by atoms with Crippen molar-refractivity contribution in [1.29, 1.82) is 0 Å². The number of rotatable bonds is 6. The predicted octanol–water partition coefficient (Wildman–Crippen LogP) is 1.38. The second kappa shape index (κ2) is 8.55. The molecule has 1 saturated heterocycles. The highest BCUT2D eigenvalue weighted by atomic mass is 35.5. The van der Waals surface area contributed by atoms with Gasteiger partial charge in [0.15, 0.2) is 5.69 Å². The summed E-state index contributed by atoms with van der Waals surface area (Å²) in [5.41, 5.74) is 8.61. The molecule has 11 nitrogen and oxygen atoms in total. The van der Waals surface area contributed by atoms with Crippen molar-refractivity contribution < 1.29 is 13.8 Å². The average Bonchev–Trinajstić information content (AvgIpc) is 3.46. The third-order valence-corrected chi connectivity index (χ3v) is 4.91. The van der Waals surface area contributed by atoms with Crippen LogP contribution in [0.25, 0.3) is 5.82 Å². The molecular formula is C17H17ClFN9O2. The number of nitrogen functional groups attached to an aromatic ring is 1. The maximum atomic E-state index is 13.9. The first-order valence-electron chi connectivity index (χ1n) is 9.07. The molecule has 0 aliphatic carbocycles. The van der Waals surface area contributed by atoms with E-state index < -0.39 is 11.7 Å². The number of nitrogens with two attached hydrogens (primary N) is 1. The van der Waals surface area contributed by atoms with E-state index in [0.717, 1.165) is 36.8 Å². The lowest BCUT2D eigenvalue weighted by Gasteiger charge is -2.13. The molecule has 13 heteroatoms. The monoisotopic (exact) mass is 433 g/mol. The van der Waals surface area contributed by atoms with Crippen LogP contribution in [-0.2, 0) is 6.54 Å². The Kier molecular flexibility index (Phi) is 5.68. The molecule has 156 valence electrons. The zero-order chi connectivity index (χ0) is 21.1. The van der Waals surface area contributed by atoms with E-state index in [1.165, 1.54) is 18.2 Å². The Hall–Kier alpha value is -3.38. The van der Waals surface area contributed by atoms with Gasteiger partial charge in [-0.05, 0) is 48.4 Å². The van der Waals surface area contributed by atoms with Gasteiger partial charge >= 0.3 is 0 Å². The number of hydrogen-bond acceptors (Lipinski definition) is 9. The van der Waals surface area contributed by atoms with E-state index in [4.69, 9.17) is 17.3 Å². The Balaban J connectivity index is 1.62. The van der Waals surface area contributed by atoms with Crippen LogP contribution < -0.4 is 11.2 Å². The molecule has 0 bridgehead atoms. The van der Waals surface area contributed by atoms with Gasteiger partial charge in [0.2, 0.25) is 11.6 Å². The van der Waals surface area contributed by atoms with Crippen LogP contribution in [0.1, 0.15) is 34.6 Å². The Morgan fingerprint density at radius 2 is 2.17 bits per heavy atom. The van der Waals surface area contributed by atoms with E-state index in [1.54, 1.807) is 0 Å². The molecule has 0 spiro atoms. The predicted molar refractivity (Wildman–Crippen MR) is 105 cm³/mol. The highest BCUT2D eigenvalue weighted by Crippen LogP contribution is 2.19. The molecule has 3 heterocycles. The SMILES string of the molecule is Nc1nonc1-n1nnc(CN2CCCC2)c1C(=O)N/N=C/c1c(F)cccc1Cl. The van der Waals surface area contributed by atoms with Crippen molar-refractivity contribution in [3.8, 4) is 5.82 Å². The van der Waals surface area contributed by atoms with Gasteiger partial charge in [-0.1, -0.05) is 22.9 Å². The fraction of sp³-hybridized carbons (Fsp3) is 0.294. The van der Waals surface area contributed by atoms with E-state index in [9.17, 15) is 9.18 Å². The summed E-state index contributed by atoms with van der Waals surface area (Å²) in [5, 5.41) is 19.2. The molecule has 1 fully saturated rings. The first-order chi connectivity index (χ1) is 14.5. The van der Waals surface area contributed by atoms with Crippen molar-refractivity contribution in [1.82, 2.24) is 35.6 Å². The summed E-state index contributed by atoms with van der Waals surface area (Å²) in [7, 11) is 0. The highest BCUT2D eigenvalue weighted by molar-refractivity contribution is 6.33. The summed E-state index contributed by atoms with van der Waals surface area (Å²) < 4.78 is 19.6. The van der Waals surface area contributed by atoms with Gasteiger partial charge in [0, 0.05) is 12.1 Å². The van der Waals surface area contributed by atoms with Gasteiger partial charge in [-0.2, -0.15) is 9.78 Å². The van der Waals surface area contributed by atoms with Crippen molar-refractivity contribution in [2.45, 2.75) is 19.4 Å². The zero-order valence-electron chi connectivity index (χ0n) is 15.6. The first-order valence-corrected chi connectivity index (χ1v) is 9.45. The van der Waals surface area contributed by atoms with Crippen LogP contribution >= 0.6 is 11.6 Å². The molecule has 1 aliphatic heterocycles. The molecule has 3 N–H and O–H groups in total. The van der Waals surface area contributed by atoms with Crippen molar-refractivity contribution in [3.05, 3.63) is 46.0 Å². The third kappa shape index (κ3) is 4.00. The summed E-state index contributed by atoms with van der Waals surface area (Å²) in [6.07, 6.45) is 3.27. The van der Waals surface area contributed by atoms with Gasteiger partial charge in [0.05, 0.1) is 11.2 Å². The minimum atomic E-state index is -0.639. The molecule has 4 rings (SSSR count). The van der Waals surface area contributed by atoms with E-state index in [0.29, 0.717) is 12.2 Å². The minimum absolute atomic E-state index is 0.0291. The maximum absolute atomic E-state index is 13.9. The number of hydrazone groups is 1. The number of carbonyl (C=O) groups is 1. The van der Waals surface area contributed by atoms with Crippen molar-refractivity contribution in [2.24, 2.45) is 5.10 Å². The van der Waals surface area contributed by atoms with E-state index in [1.807, 2.05) is 0 Å². The lowest BCUT2D eigenvalue weighted by atomic mass is 10.2. The van der Waals surface area contributed by atoms with Crippen molar-refractivity contribution >= 4 is 29.5 Å². The van der Waals surface area contributed by atoms with Gasteiger partial charge in [-0.15, -0.1) is 5.10 Å². The second-order valence-electron chi connectivity index (χ2n) is 6.59. The van der Waals surface area contributed by atoms with Crippen LogP contribution in [-0.4, -0.2) is 55.4 Å². The van der Waals surface area contributed by atoms with Crippen LogP contribution in [0, 0.1) is 5.82 Å². The van der Waals surface area contributed by atoms with E-state index in [2.05, 4.69) is 40.7 Å². The number of halogens is 2. The standard InChI is InChI=1S/C17H17ClFN9O2/c18-11-4-3-5-12(19)10(11)8-21-23-17(29)14-13(9-27-6-1-2-7-27)22-26-28(14)16-15(20)24-30-25-16/h3-5,8H,1-2,6-7,9H2,(H2,20,24)(H,23,29)/b21-8+. The van der Waals surface area contributed by atoms with E-state index >= 15 is 0 Å². The Labute approximate surface area is 174 Å². The van der Waals surface area contributed by atoms with Crippen LogP contribution in [0.2, 0.25) is 5.02 Å². The molecule has 0 unspecified atom stereocenters. The summed E-state index contributed by atoms with van der Waals surface area (Å²) >= 11 is 5.96. The topological polar surface area (TPSA) is 140 Å². The second-order valence-corrected chi connectivity index (χ2v) is 6.99. The summed E-state index contributed by atoms with van der Waals surface area (Å²) in [6.45, 7) is 2.20. The number of anilines is 1. The van der Waals surface area contributed by atoms with Crippen LogP contribution in [0.5, 0.6) is 0 Å². The molecule has 1 aliphatic rings. The van der Waals surface area contributed by atoms with Crippen LogP contribution in [0.3, 0.4) is 0 Å². The molecule has 1 amide bonds. The van der Waals surface area contributed by atoms with Crippen molar-refractivity contribution in [3.63, 3.8) is 0 Å². The minimum Gasteiger partial charge on any atom is -0.378 e. The summed E-state index contributed by atoms with van der Waals surface area (Å²) in [5.74, 6) is -1.23. The lowest BCUT2D eigenvalue weighted by molar-refractivity contribution is 0.0945. The number of aromatic nitrogens is 5. The maximum Gasteiger partial charge on any atom is 0.292 e. The first kappa shape index (κ1) is 19.9. The molecule has 2 aromatic heterocycles. The quantitative estimate of drug-likeness (QED) is 0.439. The van der Waals surface area contributed by atoms with E-state index in [-0.39, 0.29) is 27.9 Å². The van der Waals surface area contributed by atoms with Gasteiger partial charge in [0.1, 0.15) is 11.5 Å². The molecule has 30 heavy (non-hydrogen) atoms. The summed E-state index contributed by atoms with van der Waals surface area (Å²) in [6, 6.07) is 4.22. The van der Waals surface area contributed by atoms with Gasteiger partial charge in [0.25, 0.3) is 5.91 Å². The number of benzene rings is 1. The molecular weight excluding hydrogens is 417 g/mol. The number of hydrogen-bond donors (Lipinski definition) is 2. The van der Waals surface area contributed by atoms with Crippen molar-refractivity contribution in [2.75, 3.05) is 18.8 Å². The van der Waals surface area contributed by atoms with Gasteiger partial charge in [-0.3, -0.25) is 9.69 Å². The Morgan fingerprint density at radius 1 is 1.37 bits per heavy atom. The fourth-order valence-electron chi connectivity index (χ4n) is 3.13. The average molecular weight is 434 g/mol. The fourth-order valence-corrected chi connectivity index (χ4v) is 3.34. The highest BCUT2D eigenvalue weighted by Gasteiger charge is 2.26. The Bertz CT molecular complexity index is 1070. The zero-order valence-corrected chi connectivity index (χ0v) is 16.4. The number of amides is 1. The van der Waals surface area contributed by atoms with Crippen LogP contribution in [0.4, 0.5) is 10.2 Å². The smallest absolute Gasteiger partial charge is 0.292 e. The van der Waals surface area contributed by atoms with Gasteiger partial charge < -0.3 is 5.73 Å². The molecule has 3 aromatic rings. The number of nitrogens with one attached hydrogen (secondary N) is 1. The van der Waals surface area contributed by atoms with Crippen LogP contribution in [0.15, 0.2) is 27.9 Å². The Morgan fingerprint density at radius 3 is 2.87 bits per heavy atom. The number of nitrogens with zero attached hydrogens (tertiary/aromatic N) is 7. The lowest BCUT2D eigenvalue weighted by Crippen LogP contribution is -2.26. The molecule has 0 radical (unpaired) electrons. The largest absolute Gasteiger partial charge is 0.378 e. The normalized spacial score (nSPS) is 14.6. The summed E-state index contributed by atoms with van der Waals surface area (Å²) in [4.78, 5) is 15.0. The number of carbonyl (C=O) groups excluding carboxylic acids is 1. The number of likely N-dealkylation sites (tertiary alicyclic amines) is 1. The van der Waals surface area contributed by atoms with Gasteiger partial charge in [-0.25, -0.2) is 14.4 Å². The third-order valence-electron chi connectivity index (χ3n) is 4.58. The molecule has 1 aromatic carbocycles.